The van der Waals surface area contributed by atoms with Crippen molar-refractivity contribution in [2.75, 3.05) is 19.0 Å². The van der Waals surface area contributed by atoms with Gasteiger partial charge in [-0.2, -0.15) is 0 Å². The average molecular weight is 584 g/mol. The molecule has 2 aromatic heterocycles. The number of anilines is 1. The molecule has 1 N–H and O–H groups in total. The van der Waals surface area contributed by atoms with E-state index < -0.39 is 30.3 Å². The van der Waals surface area contributed by atoms with Crippen molar-refractivity contribution < 1.29 is 38.0 Å². The second-order valence-corrected chi connectivity index (χ2v) is 10.7. The van der Waals surface area contributed by atoms with Gasteiger partial charge in [0, 0.05) is 19.4 Å². The van der Waals surface area contributed by atoms with Gasteiger partial charge in [-0.05, 0) is 44.4 Å². The van der Waals surface area contributed by atoms with Gasteiger partial charge in [0.15, 0.2) is 40.5 Å². The normalized spacial score (nSPS) is 22.6. The van der Waals surface area contributed by atoms with Crippen molar-refractivity contribution in [3.63, 3.8) is 0 Å². The lowest BCUT2D eigenvalue weighted by Gasteiger charge is -2.24. The van der Waals surface area contributed by atoms with Crippen LogP contribution in [0.1, 0.15) is 65.2 Å². The third-order valence-electron chi connectivity index (χ3n) is 6.99. The molecule has 42 heavy (non-hydrogen) atoms. The molecule has 2 saturated heterocycles. The van der Waals surface area contributed by atoms with Gasteiger partial charge < -0.3 is 33.7 Å². The van der Waals surface area contributed by atoms with Crippen LogP contribution in [-0.2, 0) is 35.1 Å². The Hall–Kier alpha value is -3.81. The van der Waals surface area contributed by atoms with E-state index in [4.69, 9.17) is 28.4 Å². The molecule has 4 heterocycles. The first-order chi connectivity index (χ1) is 20.2. The standard InChI is InChI=1S/C29H37N5O8/c1-6-8-21(35)38-14-20-24-25(42-29(3,4)41-24)28(40-20)34-16-33-23-26(31-15-32-27(23)34)30-13-17-10-11-18(19(12-17)37-5)39-22(36)9-7-2/h10-12,15-16,20,24-25,28H,6-9,13-14H2,1-5H3,(H,30,31,32)/t20-,24?,25+,28-/m1/s1. The molecule has 3 aromatic rings. The van der Waals surface area contributed by atoms with Gasteiger partial charge in [-0.3, -0.25) is 14.2 Å². The van der Waals surface area contributed by atoms with Crippen molar-refractivity contribution in [1.82, 2.24) is 19.5 Å². The Kier molecular flexibility index (Phi) is 8.90. The summed E-state index contributed by atoms with van der Waals surface area (Å²) in [5.41, 5.74) is 1.98. The number of nitrogens with zero attached hydrogens (tertiary/aromatic N) is 4. The van der Waals surface area contributed by atoms with Crippen LogP contribution >= 0.6 is 0 Å². The molecule has 13 nitrogen and oxygen atoms in total. The highest BCUT2D eigenvalue weighted by Crippen LogP contribution is 2.44. The number of carbonyl (C=O) groups is 2. The summed E-state index contributed by atoms with van der Waals surface area (Å²) < 4.78 is 36.8. The third-order valence-corrected chi connectivity index (χ3v) is 6.99. The Morgan fingerprint density at radius 2 is 1.79 bits per heavy atom. The van der Waals surface area contributed by atoms with Crippen molar-refractivity contribution >= 4 is 28.9 Å². The number of hydrogen-bond donors (Lipinski definition) is 1. The topological polar surface area (TPSA) is 145 Å². The number of esters is 2. The number of rotatable bonds is 12. The fraction of sp³-hybridized carbons (Fsp3) is 0.552. The van der Waals surface area contributed by atoms with E-state index in [-0.39, 0.29) is 18.5 Å². The molecular weight excluding hydrogens is 546 g/mol. The summed E-state index contributed by atoms with van der Waals surface area (Å²) in [4.78, 5) is 37.4. The zero-order valence-corrected chi connectivity index (χ0v) is 24.5. The molecule has 1 aromatic carbocycles. The van der Waals surface area contributed by atoms with Gasteiger partial charge in [0.2, 0.25) is 0 Å². The lowest BCUT2D eigenvalue weighted by atomic mass is 10.1. The number of methoxy groups -OCH3 is 1. The first-order valence-corrected chi connectivity index (χ1v) is 14.2. The van der Waals surface area contributed by atoms with Crippen LogP contribution in [-0.4, -0.2) is 69.3 Å². The molecule has 0 spiro atoms. The van der Waals surface area contributed by atoms with Gasteiger partial charge in [0.05, 0.1) is 13.4 Å². The number of imidazole rings is 1. The lowest BCUT2D eigenvalue weighted by Crippen LogP contribution is -2.33. The van der Waals surface area contributed by atoms with Crippen molar-refractivity contribution in [3.05, 3.63) is 36.4 Å². The molecule has 1 unspecified atom stereocenters. The zero-order chi connectivity index (χ0) is 29.9. The fourth-order valence-corrected chi connectivity index (χ4v) is 5.11. The number of ether oxygens (including phenoxy) is 6. The van der Waals surface area contributed by atoms with E-state index in [1.54, 1.807) is 23.0 Å². The molecule has 226 valence electrons. The van der Waals surface area contributed by atoms with Crippen LogP contribution in [0.5, 0.6) is 11.5 Å². The van der Waals surface area contributed by atoms with Gasteiger partial charge in [-0.1, -0.05) is 19.9 Å². The number of carbonyl (C=O) groups excluding carboxylic acids is 2. The Morgan fingerprint density at radius 1 is 1.02 bits per heavy atom. The van der Waals surface area contributed by atoms with E-state index in [1.807, 2.05) is 33.8 Å². The van der Waals surface area contributed by atoms with E-state index in [2.05, 4.69) is 20.3 Å². The number of hydrogen-bond acceptors (Lipinski definition) is 12. The third kappa shape index (κ3) is 6.32. The van der Waals surface area contributed by atoms with Crippen LogP contribution in [0.4, 0.5) is 5.82 Å². The summed E-state index contributed by atoms with van der Waals surface area (Å²) in [7, 11) is 1.53. The van der Waals surface area contributed by atoms with Crippen molar-refractivity contribution in [1.29, 1.82) is 0 Å². The van der Waals surface area contributed by atoms with Crippen LogP contribution in [0, 0.1) is 0 Å². The summed E-state index contributed by atoms with van der Waals surface area (Å²) in [5.74, 6) is -0.0511. The van der Waals surface area contributed by atoms with Crippen LogP contribution in [0.15, 0.2) is 30.9 Å². The molecule has 0 amide bonds. The van der Waals surface area contributed by atoms with E-state index in [0.29, 0.717) is 60.7 Å². The molecule has 5 rings (SSSR count). The van der Waals surface area contributed by atoms with Crippen LogP contribution < -0.4 is 14.8 Å². The minimum Gasteiger partial charge on any atom is -0.493 e. The SMILES string of the molecule is CCCC(=O)OC[C@H]1O[C@@H](n2cnc3c(NCc4ccc(OC(=O)CCC)c(OC)c4)ncnc32)[C@H]2OC(C)(C)OC12. The van der Waals surface area contributed by atoms with Crippen LogP contribution in [0.2, 0.25) is 0 Å². The van der Waals surface area contributed by atoms with Gasteiger partial charge in [0.25, 0.3) is 0 Å². The molecule has 0 saturated carbocycles. The number of benzene rings is 1. The molecule has 2 aliphatic rings. The minimum atomic E-state index is -0.827. The molecule has 4 atom stereocenters. The molecule has 2 fully saturated rings. The van der Waals surface area contributed by atoms with Gasteiger partial charge in [0.1, 0.15) is 31.2 Å². The predicted octanol–water partition coefficient (Wildman–Crippen LogP) is 3.91. The van der Waals surface area contributed by atoms with Crippen molar-refractivity contribution in [3.8, 4) is 11.5 Å². The highest BCUT2D eigenvalue weighted by Gasteiger charge is 2.56. The highest BCUT2D eigenvalue weighted by atomic mass is 16.8. The predicted molar refractivity (Wildman–Crippen MR) is 150 cm³/mol. The Morgan fingerprint density at radius 3 is 2.55 bits per heavy atom. The molecule has 0 bridgehead atoms. The first-order valence-electron chi connectivity index (χ1n) is 14.2. The zero-order valence-electron chi connectivity index (χ0n) is 24.5. The minimum absolute atomic E-state index is 0.0599. The second-order valence-electron chi connectivity index (χ2n) is 10.7. The summed E-state index contributed by atoms with van der Waals surface area (Å²) in [5, 5.41) is 3.31. The van der Waals surface area contributed by atoms with Crippen LogP contribution in [0.3, 0.4) is 0 Å². The maximum Gasteiger partial charge on any atom is 0.311 e. The molecule has 13 heteroatoms. The Labute approximate surface area is 243 Å². The highest BCUT2D eigenvalue weighted by molar-refractivity contribution is 5.82. The monoisotopic (exact) mass is 583 g/mol. The van der Waals surface area contributed by atoms with Crippen molar-refractivity contribution in [2.45, 2.75) is 90.2 Å². The Bertz CT molecular complexity index is 1430. The quantitative estimate of drug-likeness (QED) is 0.244. The van der Waals surface area contributed by atoms with E-state index in [0.717, 1.165) is 5.56 Å². The van der Waals surface area contributed by atoms with Crippen molar-refractivity contribution in [2.24, 2.45) is 0 Å². The summed E-state index contributed by atoms with van der Waals surface area (Å²) in [6.45, 7) is 7.99. The van der Waals surface area contributed by atoms with Gasteiger partial charge in [-0.15, -0.1) is 0 Å². The maximum atomic E-state index is 12.0. The number of nitrogens with one attached hydrogen (secondary N) is 1. The van der Waals surface area contributed by atoms with E-state index in [9.17, 15) is 9.59 Å². The summed E-state index contributed by atoms with van der Waals surface area (Å²) in [6, 6.07) is 5.36. The number of fused-ring (bicyclic) bond motifs is 2. The molecule has 0 aliphatic carbocycles. The number of aromatic nitrogens is 4. The first kappa shape index (κ1) is 29.7. The van der Waals surface area contributed by atoms with Crippen LogP contribution in [0.25, 0.3) is 11.2 Å². The summed E-state index contributed by atoms with van der Waals surface area (Å²) in [6.07, 6.45) is 3.15. The van der Waals surface area contributed by atoms with E-state index in [1.165, 1.54) is 13.4 Å². The fourth-order valence-electron chi connectivity index (χ4n) is 5.11. The second kappa shape index (κ2) is 12.6. The van der Waals surface area contributed by atoms with E-state index >= 15 is 0 Å². The lowest BCUT2D eigenvalue weighted by molar-refractivity contribution is -0.202. The molecule has 0 radical (unpaired) electrons. The Balaban J connectivity index is 1.32. The average Bonchev–Trinajstić information content (AvgIpc) is 3.62. The smallest absolute Gasteiger partial charge is 0.311 e. The molecule has 2 aliphatic heterocycles. The van der Waals surface area contributed by atoms with Gasteiger partial charge >= 0.3 is 11.9 Å². The van der Waals surface area contributed by atoms with Gasteiger partial charge in [-0.25, -0.2) is 15.0 Å². The largest absolute Gasteiger partial charge is 0.493 e. The molecular formula is C29H37N5O8. The summed E-state index contributed by atoms with van der Waals surface area (Å²) >= 11 is 0. The maximum absolute atomic E-state index is 12.0.